The van der Waals surface area contributed by atoms with E-state index in [-0.39, 0.29) is 12.0 Å². The fourth-order valence-corrected chi connectivity index (χ4v) is 1.12. The molecule has 0 heterocycles. The quantitative estimate of drug-likeness (QED) is 0.730. The summed E-state index contributed by atoms with van der Waals surface area (Å²) >= 11 is 0. The maximum absolute atomic E-state index is 11.8. The Morgan fingerprint density at radius 1 is 1.21 bits per heavy atom. The highest BCUT2D eigenvalue weighted by Gasteiger charge is 2.29. The van der Waals surface area contributed by atoms with E-state index < -0.39 is 12.8 Å². The number of ether oxygens (including phenoxy) is 1. The van der Waals surface area contributed by atoms with Crippen LogP contribution >= 0.6 is 0 Å². The number of alkyl halides is 3. The fourth-order valence-electron chi connectivity index (χ4n) is 1.12. The molecular weight excluding hydrogens is 195 g/mol. The molecule has 0 amide bonds. The minimum Gasteiger partial charge on any atom is -0.371 e. The number of hydrogen-bond donors (Lipinski definition) is 1. The summed E-state index contributed by atoms with van der Waals surface area (Å²) in [5.41, 5.74) is -0.222. The summed E-state index contributed by atoms with van der Waals surface area (Å²) in [6, 6.07) is 0. The van der Waals surface area contributed by atoms with Crippen LogP contribution in [-0.2, 0) is 4.74 Å². The number of halogens is 3. The third-order valence-electron chi connectivity index (χ3n) is 2.17. The van der Waals surface area contributed by atoms with Gasteiger partial charge in [0.05, 0.1) is 6.61 Å². The van der Waals surface area contributed by atoms with E-state index in [9.17, 15) is 13.2 Å². The molecule has 0 radical (unpaired) electrons. The average Bonchev–Trinajstić information content (AvgIpc) is 2.02. The molecule has 0 aliphatic rings. The SMILES string of the molecule is CCC(C)(CNC)COCC(F)(F)F. The molecule has 0 saturated heterocycles. The molecule has 5 heteroatoms. The molecule has 1 N–H and O–H groups in total. The van der Waals surface area contributed by atoms with Crippen LogP contribution in [0.25, 0.3) is 0 Å². The zero-order valence-electron chi connectivity index (χ0n) is 8.87. The van der Waals surface area contributed by atoms with E-state index >= 15 is 0 Å². The van der Waals surface area contributed by atoms with Crippen molar-refractivity contribution in [3.8, 4) is 0 Å². The van der Waals surface area contributed by atoms with Crippen molar-refractivity contribution in [1.82, 2.24) is 5.32 Å². The van der Waals surface area contributed by atoms with Gasteiger partial charge in [0.15, 0.2) is 0 Å². The Hall–Kier alpha value is -0.290. The third-order valence-corrected chi connectivity index (χ3v) is 2.17. The molecule has 86 valence electrons. The topological polar surface area (TPSA) is 21.3 Å². The van der Waals surface area contributed by atoms with Gasteiger partial charge in [0.25, 0.3) is 0 Å². The first-order valence-electron chi connectivity index (χ1n) is 4.62. The normalized spacial score (nSPS) is 16.7. The van der Waals surface area contributed by atoms with Crippen LogP contribution in [0.4, 0.5) is 13.2 Å². The first kappa shape index (κ1) is 13.7. The summed E-state index contributed by atoms with van der Waals surface area (Å²) < 4.78 is 40.0. The Kier molecular flexibility index (Phi) is 5.44. The summed E-state index contributed by atoms with van der Waals surface area (Å²) in [5.74, 6) is 0. The minimum atomic E-state index is -4.23. The molecule has 0 fully saturated rings. The molecule has 0 saturated carbocycles. The average molecular weight is 213 g/mol. The Morgan fingerprint density at radius 2 is 1.79 bits per heavy atom. The van der Waals surface area contributed by atoms with Crippen molar-refractivity contribution >= 4 is 0 Å². The molecule has 0 spiro atoms. The second-order valence-corrected chi connectivity index (χ2v) is 3.80. The van der Waals surface area contributed by atoms with Crippen LogP contribution in [0.15, 0.2) is 0 Å². The van der Waals surface area contributed by atoms with E-state index in [0.29, 0.717) is 6.54 Å². The van der Waals surface area contributed by atoms with Crippen LogP contribution in [0.2, 0.25) is 0 Å². The van der Waals surface area contributed by atoms with Crippen molar-refractivity contribution in [1.29, 1.82) is 0 Å². The van der Waals surface area contributed by atoms with E-state index in [4.69, 9.17) is 0 Å². The maximum Gasteiger partial charge on any atom is 0.411 e. The summed E-state index contributed by atoms with van der Waals surface area (Å²) in [7, 11) is 1.78. The standard InChI is InChI=1S/C9H18F3NO/c1-4-8(2,5-13-3)6-14-7-9(10,11)12/h13H,4-7H2,1-3H3. The molecule has 0 bridgehead atoms. The molecule has 0 aromatic heterocycles. The molecule has 14 heavy (non-hydrogen) atoms. The van der Waals surface area contributed by atoms with E-state index in [1.807, 2.05) is 13.8 Å². The lowest BCUT2D eigenvalue weighted by atomic mass is 9.89. The van der Waals surface area contributed by atoms with Crippen LogP contribution in [0, 0.1) is 5.41 Å². The van der Waals surface area contributed by atoms with Crippen molar-refractivity contribution in [3.05, 3.63) is 0 Å². The summed E-state index contributed by atoms with van der Waals surface area (Å²) in [4.78, 5) is 0. The third kappa shape index (κ3) is 6.21. The maximum atomic E-state index is 11.8. The largest absolute Gasteiger partial charge is 0.411 e. The summed E-state index contributed by atoms with van der Waals surface area (Å²) in [6.45, 7) is 3.46. The number of rotatable bonds is 6. The van der Waals surface area contributed by atoms with E-state index in [0.717, 1.165) is 6.42 Å². The van der Waals surface area contributed by atoms with Gasteiger partial charge >= 0.3 is 6.18 Å². The van der Waals surface area contributed by atoms with Crippen molar-refractivity contribution in [3.63, 3.8) is 0 Å². The van der Waals surface area contributed by atoms with Crippen molar-refractivity contribution in [2.45, 2.75) is 26.4 Å². The highest BCUT2D eigenvalue weighted by molar-refractivity contribution is 4.74. The van der Waals surface area contributed by atoms with Gasteiger partial charge in [-0.2, -0.15) is 13.2 Å². The van der Waals surface area contributed by atoms with Crippen LogP contribution < -0.4 is 5.32 Å². The number of hydrogen-bond acceptors (Lipinski definition) is 2. The van der Waals surface area contributed by atoms with Crippen molar-refractivity contribution in [2.24, 2.45) is 5.41 Å². The lowest BCUT2D eigenvalue weighted by molar-refractivity contribution is -0.180. The highest BCUT2D eigenvalue weighted by atomic mass is 19.4. The van der Waals surface area contributed by atoms with Crippen LogP contribution in [-0.4, -0.2) is 33.0 Å². The minimum absolute atomic E-state index is 0.129. The van der Waals surface area contributed by atoms with Crippen LogP contribution in [0.3, 0.4) is 0 Å². The molecule has 1 atom stereocenters. The van der Waals surface area contributed by atoms with E-state index in [2.05, 4.69) is 10.1 Å². The van der Waals surface area contributed by atoms with Gasteiger partial charge < -0.3 is 10.1 Å². The van der Waals surface area contributed by atoms with Gasteiger partial charge in [-0.25, -0.2) is 0 Å². The zero-order valence-corrected chi connectivity index (χ0v) is 8.87. The fraction of sp³-hybridized carbons (Fsp3) is 1.00. The Labute approximate surface area is 82.8 Å². The predicted octanol–water partition coefficient (Wildman–Crippen LogP) is 2.20. The second-order valence-electron chi connectivity index (χ2n) is 3.80. The van der Waals surface area contributed by atoms with Gasteiger partial charge in [0.2, 0.25) is 0 Å². The molecule has 0 rings (SSSR count). The van der Waals surface area contributed by atoms with Gasteiger partial charge in [-0.1, -0.05) is 13.8 Å². The van der Waals surface area contributed by atoms with Crippen molar-refractivity contribution in [2.75, 3.05) is 26.8 Å². The van der Waals surface area contributed by atoms with E-state index in [1.54, 1.807) is 7.05 Å². The van der Waals surface area contributed by atoms with E-state index in [1.165, 1.54) is 0 Å². The smallest absolute Gasteiger partial charge is 0.371 e. The Morgan fingerprint density at radius 3 is 2.14 bits per heavy atom. The molecule has 2 nitrogen and oxygen atoms in total. The predicted molar refractivity (Wildman–Crippen MR) is 49.2 cm³/mol. The molecular formula is C9H18F3NO. The van der Waals surface area contributed by atoms with Gasteiger partial charge in [0, 0.05) is 12.0 Å². The molecule has 0 aromatic carbocycles. The zero-order chi connectivity index (χ0) is 11.2. The molecule has 1 unspecified atom stereocenters. The molecule has 0 aromatic rings. The van der Waals surface area contributed by atoms with Crippen LogP contribution in [0.1, 0.15) is 20.3 Å². The lowest BCUT2D eigenvalue weighted by Gasteiger charge is -2.27. The second kappa shape index (κ2) is 5.56. The van der Waals surface area contributed by atoms with Gasteiger partial charge in [-0.3, -0.25) is 0 Å². The van der Waals surface area contributed by atoms with Crippen LogP contribution in [0.5, 0.6) is 0 Å². The Bertz CT molecular complexity index is 161. The molecule has 0 aliphatic heterocycles. The van der Waals surface area contributed by atoms with Gasteiger partial charge in [-0.15, -0.1) is 0 Å². The van der Waals surface area contributed by atoms with Gasteiger partial charge in [0.1, 0.15) is 6.61 Å². The van der Waals surface area contributed by atoms with Crippen molar-refractivity contribution < 1.29 is 17.9 Å². The first-order valence-corrected chi connectivity index (χ1v) is 4.62. The Balaban J connectivity index is 3.84. The highest BCUT2D eigenvalue weighted by Crippen LogP contribution is 2.22. The monoisotopic (exact) mass is 213 g/mol. The number of nitrogens with one attached hydrogen (secondary N) is 1. The first-order chi connectivity index (χ1) is 6.33. The van der Waals surface area contributed by atoms with Gasteiger partial charge in [-0.05, 0) is 13.5 Å². The summed E-state index contributed by atoms with van der Waals surface area (Å²) in [6.07, 6.45) is -3.44. The lowest BCUT2D eigenvalue weighted by Crippen LogP contribution is -2.35. The summed E-state index contributed by atoms with van der Waals surface area (Å²) in [5, 5.41) is 2.95. The molecule has 0 aliphatic carbocycles.